The third kappa shape index (κ3) is 5.50. The topological polar surface area (TPSA) is 59.0 Å². The van der Waals surface area contributed by atoms with Crippen molar-refractivity contribution >= 4 is 11.6 Å². The monoisotopic (exact) mass is 424 g/mol. The van der Waals surface area contributed by atoms with Crippen LogP contribution >= 0.6 is 0 Å². The number of aromatic nitrogens is 2. The Bertz CT molecular complexity index is 1150. The first kappa shape index (κ1) is 21.5. The Hall–Kier alpha value is -3.70. The van der Waals surface area contributed by atoms with Crippen LogP contribution in [0.15, 0.2) is 91.3 Å². The number of aryl methyl sites for hydroxylation is 2. The first-order valence-electron chi connectivity index (χ1n) is 10.8. The van der Waals surface area contributed by atoms with Crippen LogP contribution < -0.4 is 10.6 Å². The van der Waals surface area contributed by atoms with Gasteiger partial charge in [-0.1, -0.05) is 72.3 Å². The van der Waals surface area contributed by atoms with Gasteiger partial charge in [-0.2, -0.15) is 5.10 Å². The van der Waals surface area contributed by atoms with Crippen LogP contribution in [0, 0.1) is 6.92 Å². The molecule has 0 aliphatic rings. The van der Waals surface area contributed by atoms with Crippen LogP contribution in [0.25, 0.3) is 11.1 Å². The number of carbonyl (C=O) groups is 1. The first-order valence-corrected chi connectivity index (χ1v) is 10.8. The maximum absolute atomic E-state index is 13.2. The van der Waals surface area contributed by atoms with Crippen molar-refractivity contribution in [2.24, 2.45) is 7.05 Å². The summed E-state index contributed by atoms with van der Waals surface area (Å²) in [4.78, 5) is 13.2. The number of rotatable bonds is 8. The van der Waals surface area contributed by atoms with Crippen LogP contribution in [0.1, 0.15) is 22.7 Å². The fourth-order valence-corrected chi connectivity index (χ4v) is 3.65. The zero-order valence-corrected chi connectivity index (χ0v) is 18.5. The standard InChI is InChI=1S/C27H28N4O/c1-20-8-10-21(11-9-20)16-17-28-26(23-6-4-3-5-7-23)27(32)30-25-14-12-22(13-15-25)24-18-29-31(2)19-24/h3-15,18-19,26,28H,16-17H2,1-2H3,(H,30,32)/t26-/m0/s1. The van der Waals surface area contributed by atoms with Gasteiger partial charge in [-0.3, -0.25) is 9.48 Å². The van der Waals surface area contributed by atoms with Gasteiger partial charge < -0.3 is 10.6 Å². The first-order chi connectivity index (χ1) is 15.6. The molecule has 5 nitrogen and oxygen atoms in total. The van der Waals surface area contributed by atoms with E-state index in [1.54, 1.807) is 4.68 Å². The van der Waals surface area contributed by atoms with Gasteiger partial charge in [0.2, 0.25) is 5.91 Å². The molecule has 0 saturated carbocycles. The summed E-state index contributed by atoms with van der Waals surface area (Å²) in [6.07, 6.45) is 4.66. The average Bonchev–Trinajstić information content (AvgIpc) is 3.25. The van der Waals surface area contributed by atoms with Gasteiger partial charge in [0.25, 0.3) is 0 Å². The number of benzene rings is 3. The predicted molar refractivity (Wildman–Crippen MR) is 129 cm³/mol. The van der Waals surface area contributed by atoms with Gasteiger partial charge in [0.1, 0.15) is 6.04 Å². The fourth-order valence-electron chi connectivity index (χ4n) is 3.65. The molecule has 0 spiro atoms. The second-order valence-corrected chi connectivity index (χ2v) is 8.00. The van der Waals surface area contributed by atoms with E-state index in [0.29, 0.717) is 6.54 Å². The SMILES string of the molecule is Cc1ccc(CCN[C@H](C(=O)Nc2ccc(-c3cnn(C)c3)cc2)c2ccccc2)cc1. The summed E-state index contributed by atoms with van der Waals surface area (Å²) in [6, 6.07) is 25.8. The van der Waals surface area contributed by atoms with Crippen molar-refractivity contribution in [3.63, 3.8) is 0 Å². The van der Waals surface area contributed by atoms with E-state index < -0.39 is 6.04 Å². The van der Waals surface area contributed by atoms with E-state index in [9.17, 15) is 4.79 Å². The van der Waals surface area contributed by atoms with Crippen LogP contribution in [0.4, 0.5) is 5.69 Å². The molecule has 32 heavy (non-hydrogen) atoms. The molecule has 1 atom stereocenters. The summed E-state index contributed by atoms with van der Waals surface area (Å²) in [7, 11) is 1.90. The van der Waals surface area contributed by atoms with Gasteiger partial charge in [-0.25, -0.2) is 0 Å². The normalized spacial score (nSPS) is 11.8. The lowest BCUT2D eigenvalue weighted by Crippen LogP contribution is -2.34. The summed E-state index contributed by atoms with van der Waals surface area (Å²) >= 11 is 0. The molecule has 0 saturated heterocycles. The van der Waals surface area contributed by atoms with Crippen LogP contribution in [-0.4, -0.2) is 22.2 Å². The minimum absolute atomic E-state index is 0.0748. The van der Waals surface area contributed by atoms with E-state index in [4.69, 9.17) is 0 Å². The van der Waals surface area contributed by atoms with Crippen molar-refractivity contribution in [1.82, 2.24) is 15.1 Å². The number of anilines is 1. The van der Waals surface area contributed by atoms with Crippen LogP contribution in [0.3, 0.4) is 0 Å². The molecule has 1 aromatic heterocycles. The maximum atomic E-state index is 13.2. The van der Waals surface area contributed by atoms with Crippen molar-refractivity contribution in [1.29, 1.82) is 0 Å². The molecular formula is C27H28N4O. The van der Waals surface area contributed by atoms with E-state index in [1.165, 1.54) is 11.1 Å². The summed E-state index contributed by atoms with van der Waals surface area (Å²) in [5.41, 5.74) is 6.32. The van der Waals surface area contributed by atoms with Gasteiger partial charge >= 0.3 is 0 Å². The number of hydrogen-bond acceptors (Lipinski definition) is 3. The predicted octanol–water partition coefficient (Wildman–Crippen LogP) is 4.91. The van der Waals surface area contributed by atoms with Gasteiger partial charge in [0.05, 0.1) is 6.20 Å². The lowest BCUT2D eigenvalue weighted by molar-refractivity contribution is -0.118. The molecule has 162 valence electrons. The van der Waals surface area contributed by atoms with Gasteiger partial charge in [-0.05, 0) is 42.2 Å². The highest BCUT2D eigenvalue weighted by atomic mass is 16.2. The second kappa shape index (κ2) is 10.1. The third-order valence-electron chi connectivity index (χ3n) is 5.47. The zero-order valence-electron chi connectivity index (χ0n) is 18.5. The van der Waals surface area contributed by atoms with Gasteiger partial charge in [-0.15, -0.1) is 0 Å². The Morgan fingerprint density at radius 3 is 2.31 bits per heavy atom. The van der Waals surface area contributed by atoms with Gasteiger partial charge in [0.15, 0.2) is 0 Å². The summed E-state index contributed by atoms with van der Waals surface area (Å²) in [5.74, 6) is -0.0748. The lowest BCUT2D eigenvalue weighted by atomic mass is 10.0. The highest BCUT2D eigenvalue weighted by Crippen LogP contribution is 2.22. The minimum Gasteiger partial charge on any atom is -0.324 e. The van der Waals surface area contributed by atoms with Gasteiger partial charge in [0, 0.05) is 31.0 Å². The van der Waals surface area contributed by atoms with E-state index in [1.807, 2.05) is 74.0 Å². The number of nitrogens with one attached hydrogen (secondary N) is 2. The Kier molecular flexibility index (Phi) is 6.78. The van der Waals surface area contributed by atoms with E-state index in [-0.39, 0.29) is 5.91 Å². The zero-order chi connectivity index (χ0) is 22.3. The quantitative estimate of drug-likeness (QED) is 0.423. The second-order valence-electron chi connectivity index (χ2n) is 8.00. The molecule has 0 aliphatic heterocycles. The maximum Gasteiger partial charge on any atom is 0.246 e. The minimum atomic E-state index is -0.431. The molecule has 1 heterocycles. The largest absolute Gasteiger partial charge is 0.324 e. The third-order valence-corrected chi connectivity index (χ3v) is 5.47. The lowest BCUT2D eigenvalue weighted by Gasteiger charge is -2.19. The molecule has 4 rings (SSSR count). The van der Waals surface area contributed by atoms with Crippen molar-refractivity contribution < 1.29 is 4.79 Å². The molecule has 0 radical (unpaired) electrons. The molecule has 0 aliphatic carbocycles. The van der Waals surface area contributed by atoms with Crippen LogP contribution in [0.2, 0.25) is 0 Å². The van der Waals surface area contributed by atoms with Crippen LogP contribution in [0.5, 0.6) is 0 Å². The molecule has 3 aromatic carbocycles. The smallest absolute Gasteiger partial charge is 0.246 e. The molecule has 5 heteroatoms. The Labute approximate surface area is 189 Å². The Morgan fingerprint density at radius 2 is 1.66 bits per heavy atom. The molecule has 0 fully saturated rings. The number of nitrogens with zero attached hydrogens (tertiary/aromatic N) is 2. The molecule has 2 N–H and O–H groups in total. The summed E-state index contributed by atoms with van der Waals surface area (Å²) in [6.45, 7) is 2.79. The van der Waals surface area contributed by atoms with E-state index >= 15 is 0 Å². The average molecular weight is 425 g/mol. The Balaban J connectivity index is 1.43. The molecule has 1 amide bonds. The highest BCUT2D eigenvalue weighted by Gasteiger charge is 2.20. The Morgan fingerprint density at radius 1 is 0.938 bits per heavy atom. The van der Waals surface area contributed by atoms with E-state index in [2.05, 4.69) is 46.9 Å². The molecule has 0 unspecified atom stereocenters. The van der Waals surface area contributed by atoms with Crippen molar-refractivity contribution in [3.05, 3.63) is 108 Å². The summed E-state index contributed by atoms with van der Waals surface area (Å²) in [5, 5.41) is 10.7. The number of hydrogen-bond donors (Lipinski definition) is 2. The molecule has 0 bridgehead atoms. The highest BCUT2D eigenvalue weighted by molar-refractivity contribution is 5.95. The van der Waals surface area contributed by atoms with Crippen LogP contribution in [-0.2, 0) is 18.3 Å². The molecular weight excluding hydrogens is 396 g/mol. The van der Waals surface area contributed by atoms with Crippen molar-refractivity contribution in [2.45, 2.75) is 19.4 Å². The number of amides is 1. The number of carbonyl (C=O) groups excluding carboxylic acids is 1. The van der Waals surface area contributed by atoms with Crippen molar-refractivity contribution in [3.8, 4) is 11.1 Å². The van der Waals surface area contributed by atoms with Crippen molar-refractivity contribution in [2.75, 3.05) is 11.9 Å². The summed E-state index contributed by atoms with van der Waals surface area (Å²) < 4.78 is 1.78. The fraction of sp³-hybridized carbons (Fsp3) is 0.185. The molecule has 4 aromatic rings. The van der Waals surface area contributed by atoms with E-state index in [0.717, 1.165) is 28.8 Å².